The van der Waals surface area contributed by atoms with Crippen molar-refractivity contribution in [1.82, 2.24) is 0 Å². The molecular formula is C15H14N2O4. The number of amides is 1. The number of nitrogens with one attached hydrogen (secondary N) is 1. The molecule has 21 heavy (non-hydrogen) atoms. The van der Waals surface area contributed by atoms with E-state index in [2.05, 4.69) is 5.32 Å². The molecule has 0 aliphatic heterocycles. The van der Waals surface area contributed by atoms with E-state index in [0.717, 1.165) is 5.76 Å². The Morgan fingerprint density at radius 1 is 1.29 bits per heavy atom. The third-order valence-corrected chi connectivity index (χ3v) is 2.92. The van der Waals surface area contributed by atoms with Crippen molar-refractivity contribution in [2.24, 2.45) is 0 Å². The van der Waals surface area contributed by atoms with Gasteiger partial charge in [0.2, 0.25) is 5.91 Å². The normalized spacial score (nSPS) is 10.8. The van der Waals surface area contributed by atoms with Crippen molar-refractivity contribution in [1.29, 1.82) is 0 Å². The van der Waals surface area contributed by atoms with Crippen LogP contribution in [0.4, 0.5) is 11.4 Å². The topological polar surface area (TPSA) is 85.4 Å². The summed E-state index contributed by atoms with van der Waals surface area (Å²) >= 11 is 0. The first-order chi connectivity index (χ1) is 9.97. The minimum absolute atomic E-state index is 0.0292. The molecule has 0 bridgehead atoms. The summed E-state index contributed by atoms with van der Waals surface area (Å²) < 4.78 is 5.30. The third-order valence-electron chi connectivity index (χ3n) is 2.92. The zero-order valence-electron chi connectivity index (χ0n) is 11.6. The second-order valence-electron chi connectivity index (χ2n) is 4.48. The van der Waals surface area contributed by atoms with Gasteiger partial charge in [-0.05, 0) is 38.1 Å². The molecule has 0 atom stereocenters. The number of nitro groups is 1. The van der Waals surface area contributed by atoms with Gasteiger partial charge in [0.05, 0.1) is 16.2 Å². The Hall–Kier alpha value is -2.89. The van der Waals surface area contributed by atoms with Crippen molar-refractivity contribution in [3.8, 4) is 0 Å². The van der Waals surface area contributed by atoms with Gasteiger partial charge in [-0.15, -0.1) is 0 Å². The van der Waals surface area contributed by atoms with Crippen LogP contribution in [0, 0.1) is 24.0 Å². The predicted octanol–water partition coefficient (Wildman–Crippen LogP) is 3.46. The molecule has 0 unspecified atom stereocenters. The molecule has 0 saturated heterocycles. The molecule has 0 saturated carbocycles. The molecule has 6 heteroatoms. The average Bonchev–Trinajstić information content (AvgIpc) is 2.84. The number of carbonyl (C=O) groups is 1. The van der Waals surface area contributed by atoms with Crippen LogP contribution in [0.25, 0.3) is 6.08 Å². The SMILES string of the molecule is Cc1ccc(C=CC(=O)Nc2cccc([N+](=O)[O-])c2C)o1. The Balaban J connectivity index is 2.11. The fourth-order valence-electron chi connectivity index (χ4n) is 1.83. The number of rotatable bonds is 4. The highest BCUT2D eigenvalue weighted by atomic mass is 16.6. The summed E-state index contributed by atoms with van der Waals surface area (Å²) in [5.41, 5.74) is 0.797. The molecule has 0 radical (unpaired) electrons. The first-order valence-electron chi connectivity index (χ1n) is 6.27. The molecule has 1 amide bonds. The maximum atomic E-state index is 11.8. The van der Waals surface area contributed by atoms with Crippen molar-refractivity contribution >= 4 is 23.4 Å². The lowest BCUT2D eigenvalue weighted by atomic mass is 10.1. The molecule has 1 aromatic carbocycles. The molecule has 1 heterocycles. The van der Waals surface area contributed by atoms with Crippen molar-refractivity contribution < 1.29 is 14.1 Å². The lowest BCUT2D eigenvalue weighted by molar-refractivity contribution is -0.385. The molecule has 108 valence electrons. The number of furan rings is 1. The molecule has 2 rings (SSSR count). The van der Waals surface area contributed by atoms with Gasteiger partial charge in [0.1, 0.15) is 11.5 Å². The van der Waals surface area contributed by atoms with Crippen LogP contribution in [0.3, 0.4) is 0 Å². The van der Waals surface area contributed by atoms with E-state index in [9.17, 15) is 14.9 Å². The van der Waals surface area contributed by atoms with E-state index >= 15 is 0 Å². The van der Waals surface area contributed by atoms with Gasteiger partial charge in [-0.3, -0.25) is 14.9 Å². The fraction of sp³-hybridized carbons (Fsp3) is 0.133. The molecule has 1 aromatic heterocycles. The maximum Gasteiger partial charge on any atom is 0.274 e. The Bertz CT molecular complexity index is 716. The van der Waals surface area contributed by atoms with E-state index in [4.69, 9.17) is 4.42 Å². The van der Waals surface area contributed by atoms with E-state index in [1.54, 1.807) is 25.1 Å². The van der Waals surface area contributed by atoms with Crippen molar-refractivity contribution in [2.75, 3.05) is 5.32 Å². The fourth-order valence-corrected chi connectivity index (χ4v) is 1.83. The van der Waals surface area contributed by atoms with Crippen LogP contribution in [0.5, 0.6) is 0 Å². The van der Waals surface area contributed by atoms with Crippen LogP contribution in [0.15, 0.2) is 40.8 Å². The number of nitrogens with zero attached hydrogens (tertiary/aromatic N) is 1. The summed E-state index contributed by atoms with van der Waals surface area (Å²) in [7, 11) is 0. The minimum atomic E-state index is -0.480. The number of aryl methyl sites for hydroxylation is 1. The number of nitro benzene ring substituents is 1. The van der Waals surface area contributed by atoms with Gasteiger partial charge in [-0.1, -0.05) is 6.07 Å². The zero-order chi connectivity index (χ0) is 15.4. The summed E-state index contributed by atoms with van der Waals surface area (Å²) in [6.07, 6.45) is 2.85. The van der Waals surface area contributed by atoms with Crippen LogP contribution < -0.4 is 5.32 Å². The first-order valence-corrected chi connectivity index (χ1v) is 6.27. The first kappa shape index (κ1) is 14.5. The van der Waals surface area contributed by atoms with Crippen LogP contribution in [0.1, 0.15) is 17.1 Å². The molecule has 0 aliphatic rings. The van der Waals surface area contributed by atoms with E-state index < -0.39 is 4.92 Å². The standard InChI is InChI=1S/C15H14N2O4/c1-10-6-7-12(21-10)8-9-15(18)16-13-4-3-5-14(11(13)2)17(19)20/h3-9H,1-2H3,(H,16,18). The summed E-state index contributed by atoms with van der Waals surface area (Å²) in [5.74, 6) is 0.940. The zero-order valence-corrected chi connectivity index (χ0v) is 11.6. The summed E-state index contributed by atoms with van der Waals surface area (Å²) in [6, 6.07) is 8.08. The Kier molecular flexibility index (Phi) is 4.18. The quantitative estimate of drug-likeness (QED) is 0.530. The lowest BCUT2D eigenvalue weighted by Gasteiger charge is -2.06. The van der Waals surface area contributed by atoms with Crippen LogP contribution in [-0.2, 0) is 4.79 Å². The highest BCUT2D eigenvalue weighted by molar-refractivity contribution is 6.02. The number of carbonyl (C=O) groups excluding carboxylic acids is 1. The number of hydrogen-bond acceptors (Lipinski definition) is 4. The van der Waals surface area contributed by atoms with Crippen molar-refractivity contribution in [2.45, 2.75) is 13.8 Å². The monoisotopic (exact) mass is 286 g/mol. The van der Waals surface area contributed by atoms with Gasteiger partial charge in [0.25, 0.3) is 5.69 Å². The van der Waals surface area contributed by atoms with E-state index in [1.807, 2.05) is 6.92 Å². The van der Waals surface area contributed by atoms with Crippen LogP contribution in [0.2, 0.25) is 0 Å². The molecule has 0 spiro atoms. The summed E-state index contributed by atoms with van der Waals surface area (Å²) in [5, 5.41) is 13.4. The average molecular weight is 286 g/mol. The molecule has 2 aromatic rings. The molecule has 0 aliphatic carbocycles. The second kappa shape index (κ2) is 6.04. The van der Waals surface area contributed by atoms with Crippen LogP contribution >= 0.6 is 0 Å². The van der Waals surface area contributed by atoms with Crippen molar-refractivity contribution in [3.05, 3.63) is 63.6 Å². The minimum Gasteiger partial charge on any atom is -0.462 e. The van der Waals surface area contributed by atoms with Crippen LogP contribution in [-0.4, -0.2) is 10.8 Å². The predicted molar refractivity (Wildman–Crippen MR) is 78.9 cm³/mol. The van der Waals surface area contributed by atoms with Gasteiger partial charge in [0, 0.05) is 12.1 Å². The third kappa shape index (κ3) is 3.56. The van der Waals surface area contributed by atoms with E-state index in [-0.39, 0.29) is 11.6 Å². The van der Waals surface area contributed by atoms with Gasteiger partial charge in [-0.25, -0.2) is 0 Å². The number of hydrogen-bond donors (Lipinski definition) is 1. The molecule has 6 nitrogen and oxygen atoms in total. The van der Waals surface area contributed by atoms with Gasteiger partial charge in [-0.2, -0.15) is 0 Å². The van der Waals surface area contributed by atoms with E-state index in [1.165, 1.54) is 24.3 Å². The Morgan fingerprint density at radius 3 is 2.67 bits per heavy atom. The number of benzene rings is 1. The summed E-state index contributed by atoms with van der Waals surface area (Å²) in [4.78, 5) is 22.2. The van der Waals surface area contributed by atoms with Gasteiger partial charge >= 0.3 is 0 Å². The molecular weight excluding hydrogens is 272 g/mol. The lowest BCUT2D eigenvalue weighted by Crippen LogP contribution is -2.09. The summed E-state index contributed by atoms with van der Waals surface area (Å²) in [6.45, 7) is 3.40. The van der Waals surface area contributed by atoms with Gasteiger partial charge < -0.3 is 9.73 Å². The highest BCUT2D eigenvalue weighted by Crippen LogP contribution is 2.25. The molecule has 1 N–H and O–H groups in total. The number of anilines is 1. The smallest absolute Gasteiger partial charge is 0.274 e. The van der Waals surface area contributed by atoms with Crippen molar-refractivity contribution in [3.63, 3.8) is 0 Å². The second-order valence-corrected chi connectivity index (χ2v) is 4.48. The largest absolute Gasteiger partial charge is 0.462 e. The molecule has 0 fully saturated rings. The Labute approximate surface area is 121 Å². The maximum absolute atomic E-state index is 11.8. The highest BCUT2D eigenvalue weighted by Gasteiger charge is 2.13. The Morgan fingerprint density at radius 2 is 2.05 bits per heavy atom. The van der Waals surface area contributed by atoms with E-state index in [0.29, 0.717) is 17.0 Å². The van der Waals surface area contributed by atoms with Gasteiger partial charge in [0.15, 0.2) is 0 Å².